The van der Waals surface area contributed by atoms with Crippen molar-refractivity contribution >= 4 is 11.6 Å². The molecule has 0 radical (unpaired) electrons. The molecule has 5 heteroatoms. The number of rotatable bonds is 2. The van der Waals surface area contributed by atoms with Crippen LogP contribution in [0.15, 0.2) is 48.4 Å². The molecular weight excluding hydrogens is 330 g/mol. The molecule has 134 valence electrons. The van der Waals surface area contributed by atoms with Gasteiger partial charge in [-0.25, -0.2) is 0 Å². The zero-order valence-corrected chi connectivity index (χ0v) is 14.7. The number of hydrogen-bond donors (Lipinski definition) is 1. The minimum absolute atomic E-state index is 0.0984. The Hall–Kier alpha value is -2.82. The average Bonchev–Trinajstić information content (AvgIpc) is 3.14. The van der Waals surface area contributed by atoms with Gasteiger partial charge in [0, 0.05) is 11.8 Å². The third-order valence-electron chi connectivity index (χ3n) is 5.66. The van der Waals surface area contributed by atoms with E-state index >= 15 is 0 Å². The Balaban J connectivity index is 1.87. The Bertz CT molecular complexity index is 899. The number of benzene rings is 1. The first-order valence-electron chi connectivity index (χ1n) is 8.92. The molecule has 2 aromatic rings. The second-order valence-electron chi connectivity index (χ2n) is 7.01. The van der Waals surface area contributed by atoms with E-state index in [-0.39, 0.29) is 11.4 Å². The van der Waals surface area contributed by atoms with Crippen molar-refractivity contribution in [2.75, 3.05) is 7.11 Å². The highest BCUT2D eigenvalue weighted by Gasteiger charge is 2.49. The van der Waals surface area contributed by atoms with E-state index in [9.17, 15) is 14.7 Å². The van der Waals surface area contributed by atoms with Gasteiger partial charge >= 0.3 is 0 Å². The van der Waals surface area contributed by atoms with Crippen molar-refractivity contribution < 1.29 is 19.4 Å². The molecule has 4 rings (SSSR count). The smallest absolute Gasteiger partial charge is 0.216 e. The third kappa shape index (κ3) is 2.30. The highest BCUT2D eigenvalue weighted by Crippen LogP contribution is 2.43. The van der Waals surface area contributed by atoms with Crippen LogP contribution in [0.25, 0.3) is 11.1 Å². The molecule has 0 bridgehead atoms. The number of aliphatic hydroxyl groups is 1. The van der Waals surface area contributed by atoms with E-state index < -0.39 is 11.3 Å². The fourth-order valence-corrected chi connectivity index (χ4v) is 4.26. The topological polar surface area (TPSA) is 68.5 Å². The van der Waals surface area contributed by atoms with Crippen molar-refractivity contribution in [2.45, 2.75) is 37.6 Å². The van der Waals surface area contributed by atoms with Gasteiger partial charge in [-0.15, -0.1) is 0 Å². The number of nitrogens with zero attached hydrogens (tertiary/aromatic N) is 1. The molecule has 1 N–H and O–H groups in total. The SMILES string of the molecule is COc1ccc(-c2cc3n(c2)C2(CCCCC2)C(=O)C(=CO)C3=O)cc1. The molecule has 1 aliphatic carbocycles. The minimum Gasteiger partial charge on any atom is -0.515 e. The number of fused-ring (bicyclic) bond motifs is 2. The molecule has 1 aromatic heterocycles. The van der Waals surface area contributed by atoms with Crippen molar-refractivity contribution in [1.29, 1.82) is 0 Å². The van der Waals surface area contributed by atoms with Crippen LogP contribution in [0.4, 0.5) is 0 Å². The Labute approximate surface area is 151 Å². The lowest BCUT2D eigenvalue weighted by molar-refractivity contribution is -0.125. The Kier molecular flexibility index (Phi) is 3.94. The number of aromatic nitrogens is 1. The van der Waals surface area contributed by atoms with Gasteiger partial charge in [-0.2, -0.15) is 0 Å². The van der Waals surface area contributed by atoms with Crippen LogP contribution in [0.3, 0.4) is 0 Å². The van der Waals surface area contributed by atoms with Crippen molar-refractivity contribution in [1.82, 2.24) is 4.57 Å². The van der Waals surface area contributed by atoms with Crippen LogP contribution in [0, 0.1) is 0 Å². The van der Waals surface area contributed by atoms with Gasteiger partial charge in [0.25, 0.3) is 0 Å². The van der Waals surface area contributed by atoms with E-state index in [1.165, 1.54) is 0 Å². The van der Waals surface area contributed by atoms with E-state index in [0.29, 0.717) is 24.8 Å². The summed E-state index contributed by atoms with van der Waals surface area (Å²) in [6.07, 6.45) is 6.95. The first kappa shape index (κ1) is 16.6. The summed E-state index contributed by atoms with van der Waals surface area (Å²) in [6.45, 7) is 0. The van der Waals surface area contributed by atoms with Crippen LogP contribution in [0.1, 0.15) is 42.6 Å². The second kappa shape index (κ2) is 6.16. The van der Waals surface area contributed by atoms with Crippen molar-refractivity contribution in [3.05, 3.63) is 54.1 Å². The van der Waals surface area contributed by atoms with Gasteiger partial charge in [0.2, 0.25) is 5.78 Å². The normalized spacial score (nSPS) is 20.4. The Morgan fingerprint density at radius 3 is 2.38 bits per heavy atom. The second-order valence-corrected chi connectivity index (χ2v) is 7.01. The van der Waals surface area contributed by atoms with Crippen LogP contribution in [0.2, 0.25) is 0 Å². The van der Waals surface area contributed by atoms with E-state index in [4.69, 9.17) is 4.74 Å². The quantitative estimate of drug-likeness (QED) is 0.504. The first-order chi connectivity index (χ1) is 12.6. The van der Waals surface area contributed by atoms with E-state index in [2.05, 4.69) is 0 Å². The maximum Gasteiger partial charge on any atom is 0.216 e. The molecule has 2 aliphatic rings. The molecule has 26 heavy (non-hydrogen) atoms. The Morgan fingerprint density at radius 1 is 1.08 bits per heavy atom. The molecule has 2 heterocycles. The lowest BCUT2D eigenvalue weighted by Gasteiger charge is -2.41. The number of aliphatic hydroxyl groups excluding tert-OH is 1. The van der Waals surface area contributed by atoms with Gasteiger partial charge in [-0.1, -0.05) is 31.4 Å². The molecule has 0 unspecified atom stereocenters. The first-order valence-corrected chi connectivity index (χ1v) is 8.92. The predicted octanol–water partition coefficient (Wildman–Crippen LogP) is 4.03. The molecule has 0 saturated heterocycles. The Morgan fingerprint density at radius 2 is 1.77 bits per heavy atom. The lowest BCUT2D eigenvalue weighted by Crippen LogP contribution is -2.50. The summed E-state index contributed by atoms with van der Waals surface area (Å²) in [5, 5.41) is 9.53. The standard InChI is InChI=1S/C21H21NO4/c1-26-16-7-5-14(6-8-16)15-11-18-19(24)17(13-23)20(25)21(22(18)12-15)9-3-2-4-10-21/h5-8,11-13,23H,2-4,9-10H2,1H3. The highest BCUT2D eigenvalue weighted by molar-refractivity contribution is 6.29. The zero-order valence-electron chi connectivity index (χ0n) is 14.7. The van der Waals surface area contributed by atoms with Crippen LogP contribution in [0.5, 0.6) is 5.75 Å². The lowest BCUT2D eigenvalue weighted by atomic mass is 9.73. The molecular formula is C21H21NO4. The highest BCUT2D eigenvalue weighted by atomic mass is 16.5. The zero-order chi connectivity index (χ0) is 18.3. The summed E-state index contributed by atoms with van der Waals surface area (Å²) in [6, 6.07) is 9.42. The van der Waals surface area contributed by atoms with Gasteiger partial charge in [0.05, 0.1) is 19.1 Å². The van der Waals surface area contributed by atoms with Gasteiger partial charge in [0.15, 0.2) is 5.78 Å². The number of allylic oxidation sites excluding steroid dienone is 1. The average molecular weight is 351 g/mol. The number of Topliss-reactive ketones (excluding diaryl/α,β-unsaturated/α-hetero) is 2. The van der Waals surface area contributed by atoms with Gasteiger partial charge in [-0.3, -0.25) is 9.59 Å². The fourth-order valence-electron chi connectivity index (χ4n) is 4.26. The van der Waals surface area contributed by atoms with Crippen molar-refractivity contribution in [3.63, 3.8) is 0 Å². The summed E-state index contributed by atoms with van der Waals surface area (Å²) in [5.41, 5.74) is 1.46. The molecule has 1 fully saturated rings. The number of ether oxygens (including phenoxy) is 1. The van der Waals surface area contributed by atoms with Crippen LogP contribution >= 0.6 is 0 Å². The largest absolute Gasteiger partial charge is 0.515 e. The maximum absolute atomic E-state index is 13.0. The summed E-state index contributed by atoms with van der Waals surface area (Å²) in [7, 11) is 1.62. The predicted molar refractivity (Wildman–Crippen MR) is 97.5 cm³/mol. The number of carbonyl (C=O) groups is 2. The van der Waals surface area contributed by atoms with Gasteiger partial charge in [0.1, 0.15) is 16.9 Å². The monoisotopic (exact) mass is 351 g/mol. The van der Waals surface area contributed by atoms with E-state index in [1.807, 2.05) is 41.1 Å². The summed E-state index contributed by atoms with van der Waals surface area (Å²) in [5.74, 6) is 0.0979. The van der Waals surface area contributed by atoms with E-state index in [0.717, 1.165) is 36.1 Å². The molecule has 0 amide bonds. The number of methoxy groups -OCH3 is 1. The van der Waals surface area contributed by atoms with Crippen LogP contribution < -0.4 is 4.74 Å². The molecule has 1 saturated carbocycles. The van der Waals surface area contributed by atoms with Crippen molar-refractivity contribution in [2.24, 2.45) is 0 Å². The van der Waals surface area contributed by atoms with Crippen molar-refractivity contribution in [3.8, 4) is 16.9 Å². The van der Waals surface area contributed by atoms with Gasteiger partial charge in [-0.05, 0) is 36.6 Å². The number of hydrogen-bond acceptors (Lipinski definition) is 4. The number of ketones is 2. The molecule has 5 nitrogen and oxygen atoms in total. The summed E-state index contributed by atoms with van der Waals surface area (Å²) >= 11 is 0. The van der Waals surface area contributed by atoms with Gasteiger partial charge < -0.3 is 14.4 Å². The fraction of sp³-hybridized carbons (Fsp3) is 0.333. The van der Waals surface area contributed by atoms with Crippen LogP contribution in [-0.2, 0) is 10.3 Å². The minimum atomic E-state index is -0.749. The summed E-state index contributed by atoms with van der Waals surface area (Å²) < 4.78 is 7.06. The molecule has 1 aromatic carbocycles. The molecule has 1 aliphatic heterocycles. The third-order valence-corrected chi connectivity index (χ3v) is 5.66. The molecule has 0 atom stereocenters. The van der Waals surface area contributed by atoms with E-state index in [1.54, 1.807) is 7.11 Å². The van der Waals surface area contributed by atoms with Crippen LogP contribution in [-0.4, -0.2) is 28.3 Å². The number of carbonyl (C=O) groups excluding carboxylic acids is 2. The summed E-state index contributed by atoms with van der Waals surface area (Å²) in [4.78, 5) is 25.8. The molecule has 1 spiro atoms. The maximum atomic E-state index is 13.0.